The Balaban J connectivity index is 1.93. The van der Waals surface area contributed by atoms with Crippen LogP contribution in [0.4, 0.5) is 5.69 Å². The second-order valence-corrected chi connectivity index (χ2v) is 9.78. The van der Waals surface area contributed by atoms with Crippen LogP contribution in [0.1, 0.15) is 26.7 Å². The molecule has 1 aliphatic rings. The van der Waals surface area contributed by atoms with E-state index in [4.69, 9.17) is 16.3 Å². The largest absolute Gasteiger partial charge is 0.494 e. The van der Waals surface area contributed by atoms with Crippen LogP contribution in [0.15, 0.2) is 53.4 Å². The van der Waals surface area contributed by atoms with Crippen molar-refractivity contribution in [2.45, 2.75) is 31.6 Å². The Bertz CT molecular complexity index is 962. The second kappa shape index (κ2) is 9.71. The number of benzene rings is 2. The van der Waals surface area contributed by atoms with Gasteiger partial charge in [0.25, 0.3) is 10.0 Å². The Kier molecular flexibility index (Phi) is 7.26. The van der Waals surface area contributed by atoms with Crippen LogP contribution in [0, 0.1) is 5.92 Å². The molecule has 1 amide bonds. The Labute approximate surface area is 183 Å². The Hall–Kier alpha value is -2.25. The Morgan fingerprint density at radius 2 is 1.83 bits per heavy atom. The number of hydrogen-bond acceptors (Lipinski definition) is 4. The van der Waals surface area contributed by atoms with E-state index in [0.717, 1.165) is 17.1 Å². The van der Waals surface area contributed by atoms with Gasteiger partial charge in [0.2, 0.25) is 5.91 Å². The summed E-state index contributed by atoms with van der Waals surface area (Å²) in [6.45, 7) is 5.54. The maximum atomic E-state index is 13.4. The number of likely N-dealkylation sites (tertiary alicyclic amines) is 1. The fourth-order valence-electron chi connectivity index (χ4n) is 3.56. The first kappa shape index (κ1) is 22.4. The van der Waals surface area contributed by atoms with Crippen LogP contribution in [-0.4, -0.2) is 45.5 Å². The molecule has 0 bridgehead atoms. The number of nitrogens with zero attached hydrogens (tertiary/aromatic N) is 2. The van der Waals surface area contributed by atoms with E-state index < -0.39 is 10.0 Å². The predicted molar refractivity (Wildman–Crippen MR) is 119 cm³/mol. The van der Waals surface area contributed by atoms with Crippen LogP contribution >= 0.6 is 11.6 Å². The highest BCUT2D eigenvalue weighted by molar-refractivity contribution is 7.92. The van der Waals surface area contributed by atoms with E-state index in [9.17, 15) is 13.2 Å². The lowest BCUT2D eigenvalue weighted by molar-refractivity contribution is -0.131. The third-order valence-electron chi connectivity index (χ3n) is 5.13. The van der Waals surface area contributed by atoms with Gasteiger partial charge >= 0.3 is 0 Å². The molecule has 0 radical (unpaired) electrons. The van der Waals surface area contributed by atoms with Gasteiger partial charge in [0.15, 0.2) is 0 Å². The molecule has 2 aromatic rings. The summed E-state index contributed by atoms with van der Waals surface area (Å²) in [6.07, 6.45) is 2.01. The zero-order valence-corrected chi connectivity index (χ0v) is 18.8. The molecule has 0 saturated carbocycles. The summed E-state index contributed by atoms with van der Waals surface area (Å²) in [5, 5.41) is 0.444. The van der Waals surface area contributed by atoms with Gasteiger partial charge in [-0.3, -0.25) is 9.10 Å². The maximum absolute atomic E-state index is 13.4. The minimum atomic E-state index is -3.96. The normalized spacial score (nSPS) is 16.9. The first-order valence-electron chi connectivity index (χ1n) is 10.1. The highest BCUT2D eigenvalue weighted by atomic mass is 35.5. The highest BCUT2D eigenvalue weighted by Crippen LogP contribution is 2.27. The number of piperidine rings is 1. The van der Waals surface area contributed by atoms with Crippen molar-refractivity contribution in [3.8, 4) is 5.75 Å². The van der Waals surface area contributed by atoms with E-state index in [1.807, 2.05) is 6.92 Å². The lowest BCUT2D eigenvalue weighted by Gasteiger charge is -2.33. The minimum absolute atomic E-state index is 0.0839. The maximum Gasteiger partial charge on any atom is 0.264 e. The van der Waals surface area contributed by atoms with E-state index in [1.54, 1.807) is 29.2 Å². The average Bonchev–Trinajstić information content (AvgIpc) is 2.73. The third-order valence-corrected chi connectivity index (χ3v) is 7.17. The van der Waals surface area contributed by atoms with Crippen molar-refractivity contribution in [2.24, 2.45) is 5.92 Å². The summed E-state index contributed by atoms with van der Waals surface area (Å²) < 4.78 is 33.5. The minimum Gasteiger partial charge on any atom is -0.494 e. The quantitative estimate of drug-likeness (QED) is 0.634. The van der Waals surface area contributed by atoms with Crippen LogP contribution in [0.3, 0.4) is 0 Å². The van der Waals surface area contributed by atoms with Crippen molar-refractivity contribution in [3.05, 3.63) is 53.6 Å². The SMILES string of the molecule is CCOc1ccc(N(CC(=O)N2CCC[C@H](C)C2)S(=O)(=O)c2ccc(Cl)cc2)cc1. The number of anilines is 1. The van der Waals surface area contributed by atoms with Gasteiger partial charge in [-0.1, -0.05) is 18.5 Å². The molecule has 1 heterocycles. The predicted octanol–water partition coefficient (Wildman–Crippen LogP) is 4.19. The standard InChI is InChI=1S/C22H27ClN2O4S/c1-3-29-20-10-8-19(9-11-20)25(16-22(26)24-14-4-5-17(2)15-24)30(27,28)21-12-6-18(23)7-13-21/h6-13,17H,3-5,14-16H2,1-2H3/t17-/m0/s1. The molecule has 1 fully saturated rings. The number of amides is 1. The molecule has 0 aliphatic carbocycles. The fourth-order valence-corrected chi connectivity index (χ4v) is 5.10. The number of hydrogen-bond donors (Lipinski definition) is 0. The Morgan fingerprint density at radius 1 is 1.17 bits per heavy atom. The molecule has 2 aromatic carbocycles. The smallest absolute Gasteiger partial charge is 0.264 e. The zero-order valence-electron chi connectivity index (χ0n) is 17.3. The number of ether oxygens (including phenoxy) is 1. The summed E-state index contributed by atoms with van der Waals surface area (Å²) in [5.41, 5.74) is 0.409. The summed E-state index contributed by atoms with van der Waals surface area (Å²) >= 11 is 5.92. The van der Waals surface area contributed by atoms with Crippen molar-refractivity contribution in [3.63, 3.8) is 0 Å². The molecule has 8 heteroatoms. The van der Waals surface area contributed by atoms with E-state index >= 15 is 0 Å². The first-order valence-corrected chi connectivity index (χ1v) is 11.9. The molecule has 1 atom stereocenters. The van der Waals surface area contributed by atoms with Gasteiger partial charge in [0.05, 0.1) is 17.2 Å². The van der Waals surface area contributed by atoms with Gasteiger partial charge in [-0.15, -0.1) is 0 Å². The molecule has 0 aromatic heterocycles. The van der Waals surface area contributed by atoms with Crippen LogP contribution in [0.25, 0.3) is 0 Å². The van der Waals surface area contributed by atoms with E-state index in [2.05, 4.69) is 6.92 Å². The summed E-state index contributed by atoms with van der Waals surface area (Å²) in [6, 6.07) is 12.7. The van der Waals surface area contributed by atoms with Crippen molar-refractivity contribution >= 4 is 33.2 Å². The van der Waals surface area contributed by atoms with E-state index in [-0.39, 0.29) is 17.3 Å². The second-order valence-electron chi connectivity index (χ2n) is 7.48. The van der Waals surface area contributed by atoms with Gasteiger partial charge in [0.1, 0.15) is 12.3 Å². The molecule has 0 unspecified atom stereocenters. The molecule has 162 valence electrons. The van der Waals surface area contributed by atoms with Crippen molar-refractivity contribution < 1.29 is 17.9 Å². The van der Waals surface area contributed by atoms with Gasteiger partial charge in [-0.05, 0) is 74.2 Å². The van der Waals surface area contributed by atoms with Gasteiger partial charge in [-0.25, -0.2) is 8.42 Å². The molecule has 1 saturated heterocycles. The molecule has 30 heavy (non-hydrogen) atoms. The molecule has 6 nitrogen and oxygen atoms in total. The van der Waals surface area contributed by atoms with Gasteiger partial charge < -0.3 is 9.64 Å². The Morgan fingerprint density at radius 3 is 2.43 bits per heavy atom. The number of halogens is 1. The summed E-state index contributed by atoms with van der Waals surface area (Å²) in [7, 11) is -3.96. The van der Waals surface area contributed by atoms with Crippen LogP contribution in [0.5, 0.6) is 5.75 Å². The molecule has 0 N–H and O–H groups in total. The third kappa shape index (κ3) is 5.26. The monoisotopic (exact) mass is 450 g/mol. The van der Waals surface area contributed by atoms with Crippen molar-refractivity contribution in [1.82, 2.24) is 4.90 Å². The number of sulfonamides is 1. The number of carbonyl (C=O) groups is 1. The topological polar surface area (TPSA) is 66.9 Å². The highest BCUT2D eigenvalue weighted by Gasteiger charge is 2.30. The summed E-state index contributed by atoms with van der Waals surface area (Å²) in [4.78, 5) is 14.8. The van der Waals surface area contributed by atoms with Crippen molar-refractivity contribution in [2.75, 3.05) is 30.5 Å². The molecular weight excluding hydrogens is 424 g/mol. The molecule has 1 aliphatic heterocycles. The molecule has 0 spiro atoms. The van der Waals surface area contributed by atoms with E-state index in [0.29, 0.717) is 42.1 Å². The average molecular weight is 451 g/mol. The summed E-state index contributed by atoms with van der Waals surface area (Å²) in [5.74, 6) is 0.851. The lowest BCUT2D eigenvalue weighted by atomic mass is 10.0. The van der Waals surface area contributed by atoms with Gasteiger partial charge in [-0.2, -0.15) is 0 Å². The van der Waals surface area contributed by atoms with Crippen LogP contribution < -0.4 is 9.04 Å². The van der Waals surface area contributed by atoms with Gasteiger partial charge in [0, 0.05) is 18.1 Å². The first-order chi connectivity index (χ1) is 14.3. The molecular formula is C22H27ClN2O4S. The molecule has 3 rings (SSSR count). The lowest BCUT2D eigenvalue weighted by Crippen LogP contribution is -2.46. The number of rotatable bonds is 7. The van der Waals surface area contributed by atoms with Crippen LogP contribution in [0.2, 0.25) is 5.02 Å². The number of carbonyl (C=O) groups excluding carboxylic acids is 1. The fraction of sp³-hybridized carbons (Fsp3) is 0.409. The van der Waals surface area contributed by atoms with E-state index in [1.165, 1.54) is 24.3 Å². The zero-order chi connectivity index (χ0) is 21.7. The van der Waals surface area contributed by atoms with Crippen LogP contribution in [-0.2, 0) is 14.8 Å². The van der Waals surface area contributed by atoms with Crippen molar-refractivity contribution in [1.29, 1.82) is 0 Å².